The fourth-order valence-electron chi connectivity index (χ4n) is 7.27. The van der Waals surface area contributed by atoms with E-state index in [0.717, 1.165) is 18.2 Å². The summed E-state index contributed by atoms with van der Waals surface area (Å²) in [6.07, 6.45) is 8.27. The monoisotopic (exact) mass is 405 g/mol. The standard InChI is InChI=1S/C24H36ClNO2/c1-6-27-20-8-17(7-19(25)21(20)28-16(2)3)12-26-24-11-18-9-22(4,14-24)13-23(5,10-18)15-24/h7-8,16,18,26H,6,9-15H2,1-5H3/t18?,22-,23+,24?. The summed E-state index contributed by atoms with van der Waals surface area (Å²) in [5.74, 6) is 2.31. The molecule has 0 amide bonds. The molecule has 0 aliphatic heterocycles. The lowest BCUT2D eigenvalue weighted by atomic mass is 9.43. The number of halogens is 1. The van der Waals surface area contributed by atoms with Crippen LogP contribution in [0, 0.1) is 16.7 Å². The molecule has 2 unspecified atom stereocenters. The molecule has 4 saturated carbocycles. The molecule has 3 nitrogen and oxygen atoms in total. The molecule has 4 heteroatoms. The van der Waals surface area contributed by atoms with Crippen molar-refractivity contribution in [2.24, 2.45) is 16.7 Å². The van der Waals surface area contributed by atoms with Gasteiger partial charge in [-0.3, -0.25) is 0 Å². The minimum Gasteiger partial charge on any atom is -0.490 e. The molecule has 0 aromatic heterocycles. The van der Waals surface area contributed by atoms with E-state index >= 15 is 0 Å². The molecular formula is C24H36ClNO2. The topological polar surface area (TPSA) is 30.5 Å². The van der Waals surface area contributed by atoms with Crippen molar-refractivity contribution in [1.29, 1.82) is 0 Å². The first-order chi connectivity index (χ1) is 13.1. The van der Waals surface area contributed by atoms with Crippen LogP contribution < -0.4 is 14.8 Å². The zero-order valence-corrected chi connectivity index (χ0v) is 18.9. The third-order valence-electron chi connectivity index (χ3n) is 7.02. The molecule has 156 valence electrons. The Morgan fingerprint density at radius 1 is 1.11 bits per heavy atom. The molecule has 4 aliphatic carbocycles. The van der Waals surface area contributed by atoms with Crippen LogP contribution in [0.3, 0.4) is 0 Å². The van der Waals surface area contributed by atoms with Gasteiger partial charge in [0.2, 0.25) is 0 Å². The summed E-state index contributed by atoms with van der Waals surface area (Å²) in [6, 6.07) is 4.14. The van der Waals surface area contributed by atoms with Gasteiger partial charge >= 0.3 is 0 Å². The van der Waals surface area contributed by atoms with Crippen LogP contribution in [0.4, 0.5) is 0 Å². The van der Waals surface area contributed by atoms with Gasteiger partial charge in [-0.15, -0.1) is 0 Å². The number of benzene rings is 1. The van der Waals surface area contributed by atoms with Crippen molar-refractivity contribution in [2.75, 3.05) is 6.61 Å². The largest absolute Gasteiger partial charge is 0.490 e. The fraction of sp³-hybridized carbons (Fsp3) is 0.750. The molecule has 1 N–H and O–H groups in total. The number of hydrogen-bond acceptors (Lipinski definition) is 3. The van der Waals surface area contributed by atoms with Crippen molar-refractivity contribution in [1.82, 2.24) is 5.32 Å². The molecule has 4 bridgehead atoms. The van der Waals surface area contributed by atoms with Gasteiger partial charge in [0.1, 0.15) is 0 Å². The van der Waals surface area contributed by atoms with Crippen LogP contribution in [0.2, 0.25) is 5.02 Å². The van der Waals surface area contributed by atoms with E-state index in [0.29, 0.717) is 28.2 Å². The summed E-state index contributed by atoms with van der Waals surface area (Å²) in [7, 11) is 0. The summed E-state index contributed by atoms with van der Waals surface area (Å²) in [4.78, 5) is 0. The Hall–Kier alpha value is -0.930. The molecule has 5 rings (SSSR count). The van der Waals surface area contributed by atoms with E-state index in [1.807, 2.05) is 26.8 Å². The maximum Gasteiger partial charge on any atom is 0.180 e. The molecule has 1 aromatic rings. The van der Waals surface area contributed by atoms with Crippen LogP contribution >= 0.6 is 11.6 Å². The zero-order valence-electron chi connectivity index (χ0n) is 18.2. The molecule has 4 fully saturated rings. The maximum atomic E-state index is 6.58. The average Bonchev–Trinajstić information content (AvgIpc) is 2.53. The Kier molecular flexibility index (Phi) is 5.15. The van der Waals surface area contributed by atoms with Crippen LogP contribution in [-0.4, -0.2) is 18.2 Å². The second-order valence-corrected chi connectivity index (χ2v) is 11.2. The number of hydrogen-bond donors (Lipinski definition) is 1. The first-order valence-electron chi connectivity index (χ1n) is 11.0. The highest BCUT2D eigenvalue weighted by atomic mass is 35.5. The lowest BCUT2D eigenvalue weighted by molar-refractivity contribution is -0.118. The summed E-state index contributed by atoms with van der Waals surface area (Å²) >= 11 is 6.58. The van der Waals surface area contributed by atoms with E-state index in [1.54, 1.807) is 0 Å². The zero-order chi connectivity index (χ0) is 20.2. The Morgan fingerprint density at radius 2 is 1.79 bits per heavy atom. The summed E-state index contributed by atoms with van der Waals surface area (Å²) in [6.45, 7) is 12.5. The van der Waals surface area contributed by atoms with Gasteiger partial charge in [0, 0.05) is 12.1 Å². The van der Waals surface area contributed by atoms with E-state index in [-0.39, 0.29) is 11.6 Å². The van der Waals surface area contributed by atoms with Gasteiger partial charge in [-0.1, -0.05) is 25.4 Å². The first-order valence-corrected chi connectivity index (χ1v) is 11.4. The van der Waals surface area contributed by atoms with Gasteiger partial charge in [-0.2, -0.15) is 0 Å². The Labute approximate surface area is 175 Å². The second-order valence-electron chi connectivity index (χ2n) is 10.8. The maximum absolute atomic E-state index is 6.58. The van der Waals surface area contributed by atoms with E-state index in [1.165, 1.54) is 44.1 Å². The van der Waals surface area contributed by atoms with E-state index in [9.17, 15) is 0 Å². The minimum absolute atomic E-state index is 0.0641. The van der Waals surface area contributed by atoms with Crippen molar-refractivity contribution < 1.29 is 9.47 Å². The van der Waals surface area contributed by atoms with Crippen molar-refractivity contribution in [3.8, 4) is 11.5 Å². The van der Waals surface area contributed by atoms with Gasteiger partial charge in [0.15, 0.2) is 11.5 Å². The fourth-order valence-corrected chi connectivity index (χ4v) is 7.55. The number of rotatable bonds is 7. The van der Waals surface area contributed by atoms with Gasteiger partial charge in [-0.25, -0.2) is 0 Å². The Morgan fingerprint density at radius 3 is 2.36 bits per heavy atom. The number of nitrogens with one attached hydrogen (secondary N) is 1. The minimum atomic E-state index is 0.0641. The van der Waals surface area contributed by atoms with Gasteiger partial charge in [-0.05, 0) is 93.7 Å². The molecule has 4 aliphatic rings. The van der Waals surface area contributed by atoms with Crippen LogP contribution in [0.15, 0.2) is 12.1 Å². The third kappa shape index (κ3) is 3.89. The van der Waals surface area contributed by atoms with Gasteiger partial charge in [0.25, 0.3) is 0 Å². The molecule has 0 saturated heterocycles. The quantitative estimate of drug-likeness (QED) is 0.572. The normalized spacial score (nSPS) is 36.2. The summed E-state index contributed by atoms with van der Waals surface area (Å²) in [5.41, 5.74) is 2.50. The van der Waals surface area contributed by atoms with Crippen LogP contribution in [0.5, 0.6) is 11.5 Å². The molecule has 1 aromatic carbocycles. The molecular weight excluding hydrogens is 370 g/mol. The van der Waals surface area contributed by atoms with Crippen LogP contribution in [0.1, 0.15) is 78.7 Å². The van der Waals surface area contributed by atoms with Crippen molar-refractivity contribution >= 4 is 11.6 Å². The van der Waals surface area contributed by atoms with Crippen molar-refractivity contribution in [2.45, 2.75) is 91.3 Å². The predicted octanol–water partition coefficient (Wildman–Crippen LogP) is 6.36. The van der Waals surface area contributed by atoms with Gasteiger partial charge < -0.3 is 14.8 Å². The van der Waals surface area contributed by atoms with E-state index in [2.05, 4.69) is 25.2 Å². The van der Waals surface area contributed by atoms with E-state index in [4.69, 9.17) is 21.1 Å². The van der Waals surface area contributed by atoms with E-state index < -0.39 is 0 Å². The molecule has 0 radical (unpaired) electrons. The van der Waals surface area contributed by atoms with Crippen molar-refractivity contribution in [3.63, 3.8) is 0 Å². The van der Waals surface area contributed by atoms with Crippen LogP contribution in [0.25, 0.3) is 0 Å². The van der Waals surface area contributed by atoms with Crippen LogP contribution in [-0.2, 0) is 6.54 Å². The summed E-state index contributed by atoms with van der Waals surface area (Å²) < 4.78 is 11.8. The highest BCUT2D eigenvalue weighted by Gasteiger charge is 2.59. The smallest absolute Gasteiger partial charge is 0.180 e. The second kappa shape index (κ2) is 7.09. The average molecular weight is 406 g/mol. The Balaban J connectivity index is 1.53. The third-order valence-corrected chi connectivity index (χ3v) is 7.30. The summed E-state index contributed by atoms with van der Waals surface area (Å²) in [5, 5.41) is 4.64. The molecule has 28 heavy (non-hydrogen) atoms. The van der Waals surface area contributed by atoms with Gasteiger partial charge in [0.05, 0.1) is 17.7 Å². The SMILES string of the molecule is CCOc1cc(CNC23CC4C[C@@](C)(C2)C[C@](C)(C4)C3)cc(Cl)c1OC(C)C. The lowest BCUT2D eigenvalue weighted by Gasteiger charge is -2.65. The molecule has 4 atom stereocenters. The number of ether oxygens (including phenoxy) is 2. The highest BCUT2D eigenvalue weighted by Crippen LogP contribution is 2.66. The first kappa shape index (κ1) is 20.3. The lowest BCUT2D eigenvalue weighted by Crippen LogP contribution is -2.63. The Bertz CT molecular complexity index is 728. The molecule has 0 spiro atoms. The molecule has 0 heterocycles. The van der Waals surface area contributed by atoms with Crippen molar-refractivity contribution in [3.05, 3.63) is 22.7 Å². The highest BCUT2D eigenvalue weighted by molar-refractivity contribution is 6.32. The predicted molar refractivity (Wildman–Crippen MR) is 115 cm³/mol.